The van der Waals surface area contributed by atoms with Crippen molar-refractivity contribution in [2.45, 2.75) is 23.3 Å². The molecule has 158 valence electrons. The highest BCUT2D eigenvalue weighted by molar-refractivity contribution is 7.99. The van der Waals surface area contributed by atoms with Crippen molar-refractivity contribution in [3.8, 4) is 6.07 Å². The van der Waals surface area contributed by atoms with Crippen LogP contribution in [0.5, 0.6) is 0 Å². The Balaban J connectivity index is 1.40. The Bertz CT molecular complexity index is 1290. The number of amides is 1. The Morgan fingerprint density at radius 3 is 2.66 bits per heavy atom. The third-order valence-electron chi connectivity index (χ3n) is 4.38. The molecule has 2 aromatic heterocycles. The van der Waals surface area contributed by atoms with Crippen LogP contribution in [0.15, 0.2) is 86.7 Å². The van der Waals surface area contributed by atoms with Crippen molar-refractivity contribution in [3.63, 3.8) is 0 Å². The van der Waals surface area contributed by atoms with Crippen LogP contribution in [-0.4, -0.2) is 16.1 Å². The molecule has 2 aromatic carbocycles. The molecule has 2 heterocycles. The van der Waals surface area contributed by atoms with E-state index in [1.165, 1.54) is 34.7 Å². The molecule has 0 unspecified atom stereocenters. The standard InChI is InChI=1S/C24H18N4O2S2/c1-16-7-10-20(11-8-16)31-22-12-9-19(30-22)14-18(15-25)23(29)26-24-28-27-21(32-24)13-17-5-3-2-4-6-17/h2-12,14H,13H2,1H3,(H,26,28,29)/b18-14-. The van der Waals surface area contributed by atoms with Crippen LogP contribution in [0.4, 0.5) is 5.13 Å². The van der Waals surface area contributed by atoms with Gasteiger partial charge in [0.05, 0.1) is 0 Å². The lowest BCUT2D eigenvalue weighted by Gasteiger charge is -1.99. The second-order valence-corrected chi connectivity index (χ2v) is 9.00. The maximum absolute atomic E-state index is 12.5. The Morgan fingerprint density at radius 2 is 1.91 bits per heavy atom. The fourth-order valence-electron chi connectivity index (χ4n) is 2.79. The first-order chi connectivity index (χ1) is 15.6. The van der Waals surface area contributed by atoms with E-state index >= 15 is 0 Å². The average molecular weight is 459 g/mol. The topological polar surface area (TPSA) is 91.8 Å². The van der Waals surface area contributed by atoms with Gasteiger partial charge in [-0.15, -0.1) is 10.2 Å². The molecule has 0 spiro atoms. The lowest BCUT2D eigenvalue weighted by atomic mass is 10.2. The summed E-state index contributed by atoms with van der Waals surface area (Å²) in [6, 6.07) is 23.4. The van der Waals surface area contributed by atoms with Gasteiger partial charge in [0, 0.05) is 17.4 Å². The highest BCUT2D eigenvalue weighted by Gasteiger charge is 2.14. The van der Waals surface area contributed by atoms with Gasteiger partial charge in [0.2, 0.25) is 5.13 Å². The van der Waals surface area contributed by atoms with Crippen LogP contribution >= 0.6 is 23.1 Å². The zero-order valence-corrected chi connectivity index (χ0v) is 18.7. The van der Waals surface area contributed by atoms with Crippen molar-refractivity contribution < 1.29 is 9.21 Å². The molecule has 0 saturated heterocycles. The monoisotopic (exact) mass is 458 g/mol. The van der Waals surface area contributed by atoms with Crippen LogP contribution in [0.1, 0.15) is 21.9 Å². The summed E-state index contributed by atoms with van der Waals surface area (Å²) in [7, 11) is 0. The predicted molar refractivity (Wildman–Crippen MR) is 125 cm³/mol. The van der Waals surface area contributed by atoms with E-state index in [4.69, 9.17) is 4.42 Å². The summed E-state index contributed by atoms with van der Waals surface area (Å²) in [5.41, 5.74) is 2.21. The first kappa shape index (κ1) is 21.6. The number of benzene rings is 2. The number of aryl methyl sites for hydroxylation is 1. The summed E-state index contributed by atoms with van der Waals surface area (Å²) in [5, 5.41) is 22.0. The number of aromatic nitrogens is 2. The molecule has 1 amide bonds. The van der Waals surface area contributed by atoms with Gasteiger partial charge in [0.25, 0.3) is 5.91 Å². The maximum atomic E-state index is 12.5. The Kier molecular flexibility index (Phi) is 6.80. The van der Waals surface area contributed by atoms with Crippen LogP contribution in [0.25, 0.3) is 6.08 Å². The molecule has 1 N–H and O–H groups in total. The number of furan rings is 1. The van der Waals surface area contributed by atoms with E-state index in [9.17, 15) is 10.1 Å². The largest absolute Gasteiger partial charge is 0.450 e. The van der Waals surface area contributed by atoms with Crippen LogP contribution < -0.4 is 5.32 Å². The molecule has 0 atom stereocenters. The molecule has 4 aromatic rings. The third kappa shape index (κ3) is 5.72. The molecular weight excluding hydrogens is 440 g/mol. The summed E-state index contributed by atoms with van der Waals surface area (Å²) in [6.45, 7) is 2.03. The fraction of sp³-hybridized carbons (Fsp3) is 0.0833. The van der Waals surface area contributed by atoms with E-state index in [-0.39, 0.29) is 5.57 Å². The van der Waals surface area contributed by atoms with Gasteiger partial charge in [-0.3, -0.25) is 10.1 Å². The number of hydrogen-bond acceptors (Lipinski definition) is 7. The van der Waals surface area contributed by atoms with Gasteiger partial charge >= 0.3 is 0 Å². The van der Waals surface area contributed by atoms with Crippen molar-refractivity contribution in [3.05, 3.63) is 94.2 Å². The van der Waals surface area contributed by atoms with Crippen molar-refractivity contribution in [2.75, 3.05) is 5.32 Å². The van der Waals surface area contributed by atoms with E-state index in [1.807, 2.05) is 73.7 Å². The zero-order chi connectivity index (χ0) is 22.3. The first-order valence-corrected chi connectivity index (χ1v) is 11.4. The lowest BCUT2D eigenvalue weighted by Crippen LogP contribution is -2.13. The number of rotatable bonds is 7. The Hall–Kier alpha value is -3.67. The van der Waals surface area contributed by atoms with Crippen molar-refractivity contribution in [1.29, 1.82) is 5.26 Å². The molecule has 8 heteroatoms. The van der Waals surface area contributed by atoms with Gasteiger partial charge in [0.15, 0.2) is 5.09 Å². The molecule has 0 aliphatic carbocycles. The summed E-state index contributed by atoms with van der Waals surface area (Å²) in [6.07, 6.45) is 2.05. The van der Waals surface area contributed by atoms with Crippen molar-refractivity contribution >= 4 is 40.2 Å². The molecular formula is C24H18N4O2S2. The van der Waals surface area contributed by atoms with Gasteiger partial charge < -0.3 is 4.42 Å². The van der Waals surface area contributed by atoms with E-state index in [0.717, 1.165) is 15.5 Å². The SMILES string of the molecule is Cc1ccc(Sc2ccc(/C=C(/C#N)C(=O)Nc3nnc(Cc4ccccc4)s3)o2)cc1. The van der Waals surface area contributed by atoms with E-state index in [2.05, 4.69) is 15.5 Å². The maximum Gasteiger partial charge on any atom is 0.268 e. The quantitative estimate of drug-likeness (QED) is 0.281. The summed E-state index contributed by atoms with van der Waals surface area (Å²) >= 11 is 2.75. The molecule has 4 rings (SSSR count). The van der Waals surface area contributed by atoms with E-state index in [0.29, 0.717) is 22.4 Å². The normalized spacial score (nSPS) is 11.2. The Labute approximate surface area is 193 Å². The zero-order valence-electron chi connectivity index (χ0n) is 17.1. The summed E-state index contributed by atoms with van der Waals surface area (Å²) < 4.78 is 5.75. The molecule has 32 heavy (non-hydrogen) atoms. The second-order valence-electron chi connectivity index (χ2n) is 6.86. The number of carbonyl (C=O) groups is 1. The molecule has 6 nitrogen and oxygen atoms in total. The predicted octanol–water partition coefficient (Wildman–Crippen LogP) is 5.73. The minimum atomic E-state index is -0.556. The van der Waals surface area contributed by atoms with Gasteiger partial charge in [0.1, 0.15) is 22.4 Å². The molecule has 0 aliphatic rings. The highest BCUT2D eigenvalue weighted by atomic mass is 32.2. The fourth-order valence-corrected chi connectivity index (χ4v) is 4.34. The summed E-state index contributed by atoms with van der Waals surface area (Å²) in [4.78, 5) is 13.6. The van der Waals surface area contributed by atoms with Gasteiger partial charge in [-0.25, -0.2) is 0 Å². The highest BCUT2D eigenvalue weighted by Crippen LogP contribution is 2.30. The number of anilines is 1. The van der Waals surface area contributed by atoms with Crippen LogP contribution in [0.2, 0.25) is 0 Å². The number of nitrogens with zero attached hydrogens (tertiary/aromatic N) is 3. The summed E-state index contributed by atoms with van der Waals surface area (Å²) in [5.74, 6) is -0.132. The Morgan fingerprint density at radius 1 is 1.12 bits per heavy atom. The van der Waals surface area contributed by atoms with Crippen LogP contribution in [-0.2, 0) is 11.2 Å². The van der Waals surface area contributed by atoms with E-state index in [1.54, 1.807) is 6.07 Å². The van der Waals surface area contributed by atoms with Gasteiger partial charge in [-0.1, -0.05) is 71.1 Å². The average Bonchev–Trinajstić information content (AvgIpc) is 3.43. The number of carbonyl (C=O) groups excluding carboxylic acids is 1. The third-order valence-corrected chi connectivity index (χ3v) is 6.15. The van der Waals surface area contributed by atoms with Crippen LogP contribution in [0.3, 0.4) is 0 Å². The minimum Gasteiger partial charge on any atom is -0.450 e. The molecule has 0 radical (unpaired) electrons. The number of nitrogens with one attached hydrogen (secondary N) is 1. The molecule has 0 aliphatic heterocycles. The molecule has 0 fully saturated rings. The number of hydrogen-bond donors (Lipinski definition) is 1. The smallest absolute Gasteiger partial charge is 0.268 e. The van der Waals surface area contributed by atoms with Crippen LogP contribution in [0, 0.1) is 18.3 Å². The first-order valence-electron chi connectivity index (χ1n) is 9.73. The second kappa shape index (κ2) is 10.1. The van der Waals surface area contributed by atoms with E-state index < -0.39 is 5.91 Å². The minimum absolute atomic E-state index is 0.0777. The lowest BCUT2D eigenvalue weighted by molar-refractivity contribution is -0.112. The molecule has 0 saturated carbocycles. The van der Waals surface area contributed by atoms with Crippen molar-refractivity contribution in [1.82, 2.24) is 10.2 Å². The molecule has 0 bridgehead atoms. The van der Waals surface area contributed by atoms with Gasteiger partial charge in [-0.2, -0.15) is 5.26 Å². The van der Waals surface area contributed by atoms with Gasteiger partial charge in [-0.05, 0) is 36.8 Å². The van der Waals surface area contributed by atoms with Crippen molar-refractivity contribution in [2.24, 2.45) is 0 Å². The number of nitriles is 1.